The molecule has 1 aromatic rings. The number of halogens is 3. The maximum absolute atomic E-state index is 13.1. The zero-order valence-corrected chi connectivity index (χ0v) is 13.9. The van der Waals surface area contributed by atoms with Gasteiger partial charge in [-0.2, -0.15) is 0 Å². The molecule has 1 aliphatic rings. The van der Waals surface area contributed by atoms with Crippen molar-refractivity contribution >= 4 is 18.3 Å². The van der Waals surface area contributed by atoms with Gasteiger partial charge in [-0.3, -0.25) is 4.79 Å². The molecule has 0 spiro atoms. The second kappa shape index (κ2) is 9.03. The van der Waals surface area contributed by atoms with E-state index in [0.717, 1.165) is 37.8 Å². The van der Waals surface area contributed by atoms with Crippen LogP contribution in [-0.4, -0.2) is 24.6 Å². The standard InChI is InChI=1S/C16H22F2N2O2.ClH/c1-10(22-12-6-7-13(17)14(18)8-12)16(21)20-15-5-3-2-4-11(15)9-19;/h6-8,10-11,15H,2-5,9,19H2,1H3,(H,20,21);1H. The molecule has 23 heavy (non-hydrogen) atoms. The number of amides is 1. The van der Waals surface area contributed by atoms with Crippen molar-refractivity contribution in [3.63, 3.8) is 0 Å². The third kappa shape index (κ3) is 5.32. The third-order valence-corrected chi connectivity index (χ3v) is 4.11. The minimum Gasteiger partial charge on any atom is -0.481 e. The summed E-state index contributed by atoms with van der Waals surface area (Å²) in [4.78, 5) is 12.2. The summed E-state index contributed by atoms with van der Waals surface area (Å²) < 4.78 is 31.4. The van der Waals surface area contributed by atoms with Crippen LogP contribution in [0.2, 0.25) is 0 Å². The van der Waals surface area contributed by atoms with Crippen LogP contribution in [0.15, 0.2) is 18.2 Å². The van der Waals surface area contributed by atoms with E-state index in [-0.39, 0.29) is 36.0 Å². The van der Waals surface area contributed by atoms with Crippen molar-refractivity contribution < 1.29 is 18.3 Å². The van der Waals surface area contributed by atoms with Crippen LogP contribution in [0.1, 0.15) is 32.6 Å². The Morgan fingerprint density at radius 2 is 2.04 bits per heavy atom. The molecule has 0 aromatic heterocycles. The van der Waals surface area contributed by atoms with Crippen LogP contribution >= 0.6 is 12.4 Å². The van der Waals surface area contributed by atoms with E-state index in [1.165, 1.54) is 6.07 Å². The first-order valence-corrected chi connectivity index (χ1v) is 7.63. The van der Waals surface area contributed by atoms with Gasteiger partial charge in [0.15, 0.2) is 17.7 Å². The number of nitrogens with one attached hydrogen (secondary N) is 1. The van der Waals surface area contributed by atoms with Crippen molar-refractivity contribution in [3.8, 4) is 5.75 Å². The SMILES string of the molecule is CC(Oc1ccc(F)c(F)c1)C(=O)NC1CCCCC1CN.Cl. The summed E-state index contributed by atoms with van der Waals surface area (Å²) >= 11 is 0. The summed E-state index contributed by atoms with van der Waals surface area (Å²) in [7, 11) is 0. The number of nitrogens with two attached hydrogens (primary N) is 1. The molecule has 1 fully saturated rings. The Labute approximate surface area is 141 Å². The van der Waals surface area contributed by atoms with Gasteiger partial charge in [-0.05, 0) is 44.4 Å². The Kier molecular flexibility index (Phi) is 7.72. The fourth-order valence-corrected chi connectivity index (χ4v) is 2.79. The molecule has 0 aliphatic heterocycles. The second-order valence-electron chi connectivity index (χ2n) is 5.73. The Balaban J connectivity index is 0.00000264. The first-order chi connectivity index (χ1) is 10.5. The van der Waals surface area contributed by atoms with Crippen molar-refractivity contribution in [1.29, 1.82) is 0 Å². The lowest BCUT2D eigenvalue weighted by Crippen LogP contribution is -2.48. The Bertz CT molecular complexity index is 531. The van der Waals surface area contributed by atoms with E-state index in [1.807, 2.05) is 0 Å². The largest absolute Gasteiger partial charge is 0.481 e. The highest BCUT2D eigenvalue weighted by Crippen LogP contribution is 2.24. The summed E-state index contributed by atoms with van der Waals surface area (Å²) in [5, 5.41) is 2.95. The topological polar surface area (TPSA) is 64.3 Å². The predicted octanol–water partition coefficient (Wildman–Crippen LogP) is 2.79. The van der Waals surface area contributed by atoms with Crippen molar-refractivity contribution in [3.05, 3.63) is 29.8 Å². The number of rotatable bonds is 5. The summed E-state index contributed by atoms with van der Waals surface area (Å²) in [6.45, 7) is 2.13. The van der Waals surface area contributed by atoms with Gasteiger partial charge < -0.3 is 15.8 Å². The maximum Gasteiger partial charge on any atom is 0.261 e. The number of carbonyl (C=O) groups excluding carboxylic acids is 1. The normalized spacial score (nSPS) is 21.9. The van der Waals surface area contributed by atoms with Crippen LogP contribution in [0, 0.1) is 17.6 Å². The van der Waals surface area contributed by atoms with E-state index in [1.54, 1.807) is 6.92 Å². The smallest absolute Gasteiger partial charge is 0.261 e. The molecule has 0 saturated heterocycles. The van der Waals surface area contributed by atoms with E-state index in [9.17, 15) is 13.6 Å². The fraction of sp³-hybridized carbons (Fsp3) is 0.562. The number of benzene rings is 1. The van der Waals surface area contributed by atoms with Crippen LogP contribution < -0.4 is 15.8 Å². The molecular weight excluding hydrogens is 326 g/mol. The zero-order chi connectivity index (χ0) is 16.1. The van der Waals surface area contributed by atoms with Gasteiger partial charge in [0.1, 0.15) is 5.75 Å². The monoisotopic (exact) mass is 348 g/mol. The van der Waals surface area contributed by atoms with Gasteiger partial charge in [0.25, 0.3) is 5.91 Å². The zero-order valence-electron chi connectivity index (χ0n) is 13.1. The van der Waals surface area contributed by atoms with Crippen molar-refractivity contribution in [1.82, 2.24) is 5.32 Å². The molecule has 0 bridgehead atoms. The maximum atomic E-state index is 13.1. The van der Waals surface area contributed by atoms with E-state index in [2.05, 4.69) is 5.32 Å². The minimum absolute atomic E-state index is 0. The second-order valence-corrected chi connectivity index (χ2v) is 5.73. The molecule has 0 radical (unpaired) electrons. The molecule has 1 saturated carbocycles. The van der Waals surface area contributed by atoms with Crippen molar-refractivity contribution in [2.75, 3.05) is 6.54 Å². The lowest BCUT2D eigenvalue weighted by molar-refractivity contribution is -0.128. The van der Waals surface area contributed by atoms with Crippen LogP contribution in [0.3, 0.4) is 0 Å². The van der Waals surface area contributed by atoms with Crippen molar-refractivity contribution in [2.24, 2.45) is 11.7 Å². The Morgan fingerprint density at radius 1 is 1.35 bits per heavy atom. The molecule has 4 nitrogen and oxygen atoms in total. The molecular formula is C16H23ClF2N2O2. The number of ether oxygens (including phenoxy) is 1. The summed E-state index contributed by atoms with van der Waals surface area (Å²) in [5.41, 5.74) is 5.74. The lowest BCUT2D eigenvalue weighted by atomic mass is 9.84. The predicted molar refractivity (Wildman–Crippen MR) is 86.6 cm³/mol. The molecule has 0 heterocycles. The first-order valence-electron chi connectivity index (χ1n) is 7.63. The highest BCUT2D eigenvalue weighted by Gasteiger charge is 2.27. The van der Waals surface area contributed by atoms with Crippen LogP contribution in [-0.2, 0) is 4.79 Å². The van der Waals surface area contributed by atoms with E-state index in [4.69, 9.17) is 10.5 Å². The molecule has 7 heteroatoms. The highest BCUT2D eigenvalue weighted by molar-refractivity contribution is 5.85. The Morgan fingerprint density at radius 3 is 2.70 bits per heavy atom. The van der Waals surface area contributed by atoms with Gasteiger partial charge in [0.2, 0.25) is 0 Å². The first kappa shape index (κ1) is 19.6. The average Bonchev–Trinajstić information content (AvgIpc) is 2.51. The van der Waals surface area contributed by atoms with Gasteiger partial charge in [0.05, 0.1) is 0 Å². The quantitative estimate of drug-likeness (QED) is 0.860. The van der Waals surface area contributed by atoms with Gasteiger partial charge in [-0.1, -0.05) is 12.8 Å². The summed E-state index contributed by atoms with van der Waals surface area (Å²) in [6, 6.07) is 3.26. The van der Waals surface area contributed by atoms with Crippen LogP contribution in [0.5, 0.6) is 5.75 Å². The Hall–Kier alpha value is -1.40. The van der Waals surface area contributed by atoms with Gasteiger partial charge in [-0.15, -0.1) is 12.4 Å². The third-order valence-electron chi connectivity index (χ3n) is 4.11. The summed E-state index contributed by atoms with van der Waals surface area (Å²) in [6.07, 6.45) is 3.34. The molecule has 2 rings (SSSR count). The van der Waals surface area contributed by atoms with Crippen LogP contribution in [0.25, 0.3) is 0 Å². The van der Waals surface area contributed by atoms with Crippen LogP contribution in [0.4, 0.5) is 8.78 Å². The molecule has 1 amide bonds. The molecule has 1 aromatic carbocycles. The van der Waals surface area contributed by atoms with Gasteiger partial charge in [-0.25, -0.2) is 8.78 Å². The van der Waals surface area contributed by atoms with Gasteiger partial charge >= 0.3 is 0 Å². The van der Waals surface area contributed by atoms with E-state index < -0.39 is 17.7 Å². The number of carbonyl (C=O) groups is 1. The minimum atomic E-state index is -0.999. The number of hydrogen-bond acceptors (Lipinski definition) is 3. The lowest BCUT2D eigenvalue weighted by Gasteiger charge is -2.32. The highest BCUT2D eigenvalue weighted by atomic mass is 35.5. The molecule has 1 aliphatic carbocycles. The van der Waals surface area contributed by atoms with Gasteiger partial charge in [0, 0.05) is 12.1 Å². The average molecular weight is 349 g/mol. The number of hydrogen-bond donors (Lipinski definition) is 2. The van der Waals surface area contributed by atoms with Crippen molar-refractivity contribution in [2.45, 2.75) is 44.8 Å². The fourth-order valence-electron chi connectivity index (χ4n) is 2.79. The van der Waals surface area contributed by atoms with E-state index in [0.29, 0.717) is 6.54 Å². The molecule has 3 N–H and O–H groups in total. The molecule has 3 atom stereocenters. The van der Waals surface area contributed by atoms with E-state index >= 15 is 0 Å². The summed E-state index contributed by atoms with van der Waals surface area (Å²) in [5.74, 6) is -1.80. The molecule has 130 valence electrons. The molecule has 3 unspecified atom stereocenters.